The SMILES string of the molecule is O=C(C=Cc1ccco1)OCc1nc(-c2ccc(Br)cc2)no1. The van der Waals surface area contributed by atoms with Gasteiger partial charge in [-0.25, -0.2) is 4.79 Å². The normalized spacial score (nSPS) is 11.0. The van der Waals surface area contributed by atoms with Gasteiger partial charge in [0.2, 0.25) is 5.82 Å². The second kappa shape index (κ2) is 7.06. The van der Waals surface area contributed by atoms with Crippen molar-refractivity contribution >= 4 is 28.0 Å². The molecule has 0 aliphatic heterocycles. The molecule has 0 aliphatic rings. The Morgan fingerprint density at radius 3 is 2.83 bits per heavy atom. The van der Waals surface area contributed by atoms with E-state index in [1.165, 1.54) is 18.4 Å². The lowest BCUT2D eigenvalue weighted by Gasteiger charge is -1.96. The summed E-state index contributed by atoms with van der Waals surface area (Å²) < 4.78 is 16.1. The molecule has 0 spiro atoms. The molecule has 0 unspecified atom stereocenters. The van der Waals surface area contributed by atoms with Crippen molar-refractivity contribution < 1.29 is 18.5 Å². The van der Waals surface area contributed by atoms with Gasteiger partial charge in [-0.2, -0.15) is 4.98 Å². The number of esters is 1. The van der Waals surface area contributed by atoms with Crippen molar-refractivity contribution in [1.29, 1.82) is 0 Å². The van der Waals surface area contributed by atoms with Crippen molar-refractivity contribution in [2.45, 2.75) is 6.61 Å². The number of hydrogen-bond donors (Lipinski definition) is 0. The predicted molar refractivity (Wildman–Crippen MR) is 85.0 cm³/mol. The van der Waals surface area contributed by atoms with E-state index in [0.29, 0.717) is 11.6 Å². The number of carbonyl (C=O) groups excluding carboxylic acids is 1. The molecule has 116 valence electrons. The third-order valence-electron chi connectivity index (χ3n) is 2.84. The van der Waals surface area contributed by atoms with Crippen molar-refractivity contribution in [1.82, 2.24) is 10.1 Å². The Morgan fingerprint density at radius 1 is 1.26 bits per heavy atom. The van der Waals surface area contributed by atoms with Crippen molar-refractivity contribution in [2.24, 2.45) is 0 Å². The lowest BCUT2D eigenvalue weighted by atomic mass is 10.2. The van der Waals surface area contributed by atoms with Crippen LogP contribution in [-0.4, -0.2) is 16.1 Å². The Hall–Kier alpha value is -2.67. The van der Waals surface area contributed by atoms with Gasteiger partial charge in [-0.3, -0.25) is 0 Å². The first-order valence-corrected chi connectivity index (χ1v) is 7.47. The van der Waals surface area contributed by atoms with Crippen molar-refractivity contribution in [3.8, 4) is 11.4 Å². The molecular formula is C16H11BrN2O4. The molecule has 3 aromatic rings. The standard InChI is InChI=1S/C16H11BrN2O4/c17-12-5-3-11(4-6-12)16-18-14(23-19-16)10-22-15(20)8-7-13-2-1-9-21-13/h1-9H,10H2. The highest BCUT2D eigenvalue weighted by Crippen LogP contribution is 2.19. The molecule has 7 heteroatoms. The molecule has 0 aliphatic carbocycles. The molecule has 0 N–H and O–H groups in total. The number of ether oxygens (including phenoxy) is 1. The van der Waals surface area contributed by atoms with Crippen LogP contribution in [0, 0.1) is 0 Å². The summed E-state index contributed by atoms with van der Waals surface area (Å²) >= 11 is 3.36. The van der Waals surface area contributed by atoms with Gasteiger partial charge < -0.3 is 13.7 Å². The minimum Gasteiger partial charge on any atom is -0.465 e. The largest absolute Gasteiger partial charge is 0.465 e. The number of carbonyl (C=O) groups is 1. The van der Waals surface area contributed by atoms with Crippen LogP contribution < -0.4 is 0 Å². The number of aromatic nitrogens is 2. The molecule has 6 nitrogen and oxygen atoms in total. The van der Waals surface area contributed by atoms with Gasteiger partial charge in [0.15, 0.2) is 6.61 Å². The van der Waals surface area contributed by atoms with E-state index in [9.17, 15) is 4.79 Å². The fraction of sp³-hybridized carbons (Fsp3) is 0.0625. The first-order valence-electron chi connectivity index (χ1n) is 6.67. The molecule has 0 saturated heterocycles. The highest BCUT2D eigenvalue weighted by Gasteiger charge is 2.10. The zero-order valence-corrected chi connectivity index (χ0v) is 13.4. The smallest absolute Gasteiger partial charge is 0.331 e. The van der Waals surface area contributed by atoms with Crippen LogP contribution in [-0.2, 0) is 16.1 Å². The lowest BCUT2D eigenvalue weighted by Crippen LogP contribution is -2.00. The molecule has 0 bridgehead atoms. The second-order valence-corrected chi connectivity index (χ2v) is 5.39. The number of nitrogens with zero attached hydrogens (tertiary/aromatic N) is 2. The Kier molecular flexibility index (Phi) is 4.68. The van der Waals surface area contributed by atoms with Gasteiger partial charge in [0.05, 0.1) is 6.26 Å². The lowest BCUT2D eigenvalue weighted by molar-refractivity contribution is -0.139. The third kappa shape index (κ3) is 4.17. The number of furan rings is 1. The topological polar surface area (TPSA) is 78.4 Å². The van der Waals surface area contributed by atoms with Crippen LogP contribution in [0.15, 0.2) is 62.2 Å². The second-order valence-electron chi connectivity index (χ2n) is 4.48. The Balaban J connectivity index is 1.57. The minimum absolute atomic E-state index is 0.0924. The fourth-order valence-electron chi connectivity index (χ4n) is 1.75. The number of rotatable bonds is 5. The summed E-state index contributed by atoms with van der Waals surface area (Å²) in [4.78, 5) is 15.8. The van der Waals surface area contributed by atoms with E-state index in [1.54, 1.807) is 12.1 Å². The van der Waals surface area contributed by atoms with E-state index >= 15 is 0 Å². The summed E-state index contributed by atoms with van der Waals surface area (Å²) in [6, 6.07) is 10.9. The Morgan fingerprint density at radius 2 is 2.09 bits per heavy atom. The Bertz CT molecular complexity index is 807. The van der Waals surface area contributed by atoms with Gasteiger partial charge in [0, 0.05) is 16.1 Å². The first-order chi connectivity index (χ1) is 11.2. The van der Waals surface area contributed by atoms with E-state index < -0.39 is 5.97 Å². The zero-order chi connectivity index (χ0) is 16.1. The monoisotopic (exact) mass is 374 g/mol. The molecule has 0 atom stereocenters. The van der Waals surface area contributed by atoms with Gasteiger partial charge in [-0.1, -0.05) is 21.1 Å². The number of hydrogen-bond acceptors (Lipinski definition) is 6. The molecule has 0 saturated carbocycles. The molecule has 23 heavy (non-hydrogen) atoms. The number of benzene rings is 1. The van der Waals surface area contributed by atoms with E-state index in [-0.39, 0.29) is 12.5 Å². The first kappa shape index (κ1) is 15.2. The molecule has 0 fully saturated rings. The molecule has 1 aromatic carbocycles. The summed E-state index contributed by atoms with van der Waals surface area (Å²) in [7, 11) is 0. The number of halogens is 1. The van der Waals surface area contributed by atoms with Crippen LogP contribution in [0.3, 0.4) is 0 Å². The van der Waals surface area contributed by atoms with Gasteiger partial charge in [-0.05, 0) is 42.5 Å². The van der Waals surface area contributed by atoms with E-state index in [0.717, 1.165) is 10.0 Å². The van der Waals surface area contributed by atoms with Crippen LogP contribution >= 0.6 is 15.9 Å². The Labute approximate surface area is 139 Å². The van der Waals surface area contributed by atoms with Crippen LogP contribution in [0.1, 0.15) is 11.7 Å². The highest BCUT2D eigenvalue weighted by molar-refractivity contribution is 9.10. The van der Waals surface area contributed by atoms with Gasteiger partial charge in [-0.15, -0.1) is 0 Å². The fourth-order valence-corrected chi connectivity index (χ4v) is 2.01. The van der Waals surface area contributed by atoms with Crippen LogP contribution in [0.25, 0.3) is 17.5 Å². The average Bonchev–Trinajstić information content (AvgIpc) is 3.23. The summed E-state index contributed by atoms with van der Waals surface area (Å²) in [6.07, 6.45) is 4.31. The van der Waals surface area contributed by atoms with Crippen LogP contribution in [0.5, 0.6) is 0 Å². The molecule has 3 rings (SSSR count). The van der Waals surface area contributed by atoms with Crippen molar-refractivity contribution in [3.63, 3.8) is 0 Å². The third-order valence-corrected chi connectivity index (χ3v) is 3.36. The summed E-state index contributed by atoms with van der Waals surface area (Å²) in [6.45, 7) is -0.0924. The summed E-state index contributed by atoms with van der Waals surface area (Å²) in [5.74, 6) is 0.708. The van der Waals surface area contributed by atoms with Gasteiger partial charge in [0.1, 0.15) is 5.76 Å². The quantitative estimate of drug-likeness (QED) is 0.498. The van der Waals surface area contributed by atoms with Gasteiger partial charge >= 0.3 is 5.97 Å². The molecule has 0 amide bonds. The van der Waals surface area contributed by atoms with Crippen molar-refractivity contribution in [2.75, 3.05) is 0 Å². The highest BCUT2D eigenvalue weighted by atomic mass is 79.9. The summed E-state index contributed by atoms with van der Waals surface area (Å²) in [5, 5.41) is 3.85. The predicted octanol–water partition coefficient (Wildman–Crippen LogP) is 3.85. The average molecular weight is 375 g/mol. The molecular weight excluding hydrogens is 364 g/mol. The van der Waals surface area contributed by atoms with Crippen LogP contribution in [0.4, 0.5) is 0 Å². The zero-order valence-electron chi connectivity index (χ0n) is 11.8. The maximum absolute atomic E-state index is 11.6. The van der Waals surface area contributed by atoms with Gasteiger partial charge in [0.25, 0.3) is 5.89 Å². The minimum atomic E-state index is -0.523. The molecule has 0 radical (unpaired) electrons. The van der Waals surface area contributed by atoms with Crippen LogP contribution in [0.2, 0.25) is 0 Å². The maximum Gasteiger partial charge on any atom is 0.331 e. The van der Waals surface area contributed by atoms with E-state index in [4.69, 9.17) is 13.7 Å². The maximum atomic E-state index is 11.6. The molecule has 2 aromatic heterocycles. The van der Waals surface area contributed by atoms with Crippen molar-refractivity contribution in [3.05, 3.63) is 64.9 Å². The summed E-state index contributed by atoms with van der Waals surface area (Å²) in [5.41, 5.74) is 0.812. The van der Waals surface area contributed by atoms with E-state index in [2.05, 4.69) is 26.1 Å². The molecule has 2 heterocycles. The van der Waals surface area contributed by atoms with E-state index in [1.807, 2.05) is 24.3 Å².